The summed E-state index contributed by atoms with van der Waals surface area (Å²) in [5.41, 5.74) is 0.236. The molecule has 0 atom stereocenters. The van der Waals surface area contributed by atoms with Crippen LogP contribution in [0.3, 0.4) is 0 Å². The summed E-state index contributed by atoms with van der Waals surface area (Å²) in [5.74, 6) is 0.352. The third-order valence-corrected chi connectivity index (χ3v) is 5.20. The first-order chi connectivity index (χ1) is 16.9. The minimum absolute atomic E-state index is 0.127. The highest BCUT2D eigenvalue weighted by Crippen LogP contribution is 2.31. The molecule has 4 aromatic heterocycles. The van der Waals surface area contributed by atoms with Crippen LogP contribution >= 0.6 is 0 Å². The minimum atomic E-state index is -4.51. The molecular formula is C23H17F3N8O. The van der Waals surface area contributed by atoms with Crippen LogP contribution in [-0.4, -0.2) is 40.0 Å². The Hall–Kier alpha value is -4.74. The van der Waals surface area contributed by atoms with E-state index in [1.165, 1.54) is 40.3 Å². The van der Waals surface area contributed by atoms with E-state index in [4.69, 9.17) is 0 Å². The molecule has 5 rings (SSSR count). The molecule has 0 radical (unpaired) electrons. The molecule has 5 aromatic rings. The van der Waals surface area contributed by atoms with Crippen molar-refractivity contribution >= 4 is 5.91 Å². The quantitative estimate of drug-likeness (QED) is 0.403. The first-order valence-corrected chi connectivity index (χ1v) is 10.4. The van der Waals surface area contributed by atoms with Crippen molar-refractivity contribution in [1.29, 1.82) is 0 Å². The summed E-state index contributed by atoms with van der Waals surface area (Å²) >= 11 is 0. The third kappa shape index (κ3) is 4.40. The first-order valence-electron chi connectivity index (χ1n) is 10.4. The van der Waals surface area contributed by atoms with Gasteiger partial charge in [-0.15, -0.1) is 0 Å². The lowest BCUT2D eigenvalue weighted by Crippen LogP contribution is -2.25. The fraction of sp³-hybridized carbons (Fsp3) is 0.0870. The van der Waals surface area contributed by atoms with Gasteiger partial charge >= 0.3 is 6.18 Å². The van der Waals surface area contributed by atoms with Gasteiger partial charge in [0.15, 0.2) is 11.6 Å². The monoisotopic (exact) mass is 478 g/mol. The Labute approximate surface area is 196 Å². The Morgan fingerprint density at radius 1 is 1.03 bits per heavy atom. The van der Waals surface area contributed by atoms with E-state index in [0.29, 0.717) is 17.2 Å². The van der Waals surface area contributed by atoms with Crippen LogP contribution in [0.5, 0.6) is 0 Å². The van der Waals surface area contributed by atoms with Crippen LogP contribution in [0.25, 0.3) is 17.3 Å². The van der Waals surface area contributed by atoms with E-state index in [0.717, 1.165) is 12.1 Å². The maximum Gasteiger partial charge on any atom is 0.416 e. The summed E-state index contributed by atoms with van der Waals surface area (Å²) in [6.07, 6.45) is 4.66. The van der Waals surface area contributed by atoms with Crippen LogP contribution in [-0.2, 0) is 12.7 Å². The number of benzene rings is 1. The van der Waals surface area contributed by atoms with Crippen molar-refractivity contribution in [1.82, 2.24) is 39.4 Å². The largest absolute Gasteiger partial charge is 0.416 e. The number of nitrogens with zero attached hydrogens (tertiary/aromatic N) is 7. The molecule has 0 aliphatic heterocycles. The number of hydrogen-bond donors (Lipinski definition) is 1. The van der Waals surface area contributed by atoms with Gasteiger partial charge in [0, 0.05) is 30.7 Å². The fourth-order valence-corrected chi connectivity index (χ4v) is 3.59. The normalized spacial score (nSPS) is 11.5. The highest BCUT2D eigenvalue weighted by Gasteiger charge is 2.31. The molecule has 0 spiro atoms. The van der Waals surface area contributed by atoms with Crippen molar-refractivity contribution in [3.8, 4) is 17.3 Å². The zero-order chi connectivity index (χ0) is 24.4. The van der Waals surface area contributed by atoms with Gasteiger partial charge in [0.1, 0.15) is 18.2 Å². The van der Waals surface area contributed by atoms with Crippen LogP contribution in [0, 0.1) is 0 Å². The van der Waals surface area contributed by atoms with Crippen molar-refractivity contribution in [2.45, 2.75) is 12.7 Å². The Kier molecular flexibility index (Phi) is 5.61. The van der Waals surface area contributed by atoms with Crippen molar-refractivity contribution in [2.75, 3.05) is 0 Å². The predicted octanol–water partition coefficient (Wildman–Crippen LogP) is 3.59. The molecule has 4 heterocycles. The lowest BCUT2D eigenvalue weighted by Gasteiger charge is -2.13. The number of rotatable bonds is 6. The van der Waals surface area contributed by atoms with Gasteiger partial charge in [0.05, 0.1) is 17.4 Å². The second kappa shape index (κ2) is 8.89. The van der Waals surface area contributed by atoms with Crippen molar-refractivity contribution in [2.24, 2.45) is 0 Å². The highest BCUT2D eigenvalue weighted by molar-refractivity contribution is 5.97. The number of carbonyl (C=O) groups excluding carboxylic acids is 1. The maximum absolute atomic E-state index is 13.3. The summed E-state index contributed by atoms with van der Waals surface area (Å²) in [5, 5.41) is 11.1. The van der Waals surface area contributed by atoms with Gasteiger partial charge in [-0.25, -0.2) is 19.3 Å². The molecule has 1 aromatic carbocycles. The maximum atomic E-state index is 13.3. The van der Waals surface area contributed by atoms with Gasteiger partial charge in [-0.1, -0.05) is 12.1 Å². The molecule has 9 nitrogen and oxygen atoms in total. The van der Waals surface area contributed by atoms with Gasteiger partial charge in [-0.2, -0.15) is 23.4 Å². The predicted molar refractivity (Wildman–Crippen MR) is 118 cm³/mol. The van der Waals surface area contributed by atoms with E-state index in [9.17, 15) is 18.0 Å². The van der Waals surface area contributed by atoms with Crippen LogP contribution < -0.4 is 5.32 Å². The molecule has 0 fully saturated rings. The molecule has 12 heteroatoms. The van der Waals surface area contributed by atoms with E-state index in [1.54, 1.807) is 47.4 Å². The molecule has 0 aliphatic rings. The van der Waals surface area contributed by atoms with Crippen LogP contribution in [0.2, 0.25) is 0 Å². The summed E-state index contributed by atoms with van der Waals surface area (Å²) in [6, 6.07) is 11.8. The van der Waals surface area contributed by atoms with Gasteiger partial charge in [0.2, 0.25) is 0 Å². The second-order valence-electron chi connectivity index (χ2n) is 7.44. The summed E-state index contributed by atoms with van der Waals surface area (Å²) in [4.78, 5) is 21.4. The van der Waals surface area contributed by atoms with Gasteiger partial charge < -0.3 is 9.88 Å². The van der Waals surface area contributed by atoms with Crippen LogP contribution in [0.4, 0.5) is 13.2 Å². The minimum Gasteiger partial charge on any atom is -0.348 e. The Bertz CT molecular complexity index is 1460. The molecule has 35 heavy (non-hydrogen) atoms. The van der Waals surface area contributed by atoms with Gasteiger partial charge in [0.25, 0.3) is 5.91 Å². The lowest BCUT2D eigenvalue weighted by atomic mass is 10.2. The number of nitrogens with one attached hydrogen (secondary N) is 1. The van der Waals surface area contributed by atoms with Gasteiger partial charge in [-0.3, -0.25) is 4.79 Å². The van der Waals surface area contributed by atoms with E-state index < -0.39 is 17.6 Å². The molecule has 0 bridgehead atoms. The number of hydrogen-bond acceptors (Lipinski definition) is 5. The average molecular weight is 478 g/mol. The molecule has 0 unspecified atom stereocenters. The van der Waals surface area contributed by atoms with E-state index >= 15 is 0 Å². The molecule has 0 aliphatic carbocycles. The summed E-state index contributed by atoms with van der Waals surface area (Å²) < 4.78 is 44.2. The second-order valence-corrected chi connectivity index (χ2v) is 7.44. The van der Waals surface area contributed by atoms with E-state index in [-0.39, 0.29) is 17.8 Å². The third-order valence-electron chi connectivity index (χ3n) is 5.20. The summed E-state index contributed by atoms with van der Waals surface area (Å²) in [7, 11) is 0. The molecular weight excluding hydrogens is 461 g/mol. The molecule has 1 N–H and O–H groups in total. The van der Waals surface area contributed by atoms with Crippen molar-refractivity contribution < 1.29 is 18.0 Å². The summed E-state index contributed by atoms with van der Waals surface area (Å²) in [6.45, 7) is 0.127. The Balaban J connectivity index is 1.48. The number of amides is 1. The lowest BCUT2D eigenvalue weighted by molar-refractivity contribution is -0.137. The SMILES string of the molecule is O=C(NCc1cccnc1-n1cncn1)c1cnn(-c2cccc(C(F)(F)F)c2)c1-n1cccc1. The zero-order valence-corrected chi connectivity index (χ0v) is 18.0. The van der Waals surface area contributed by atoms with E-state index in [2.05, 4.69) is 25.5 Å². The Morgan fingerprint density at radius 3 is 2.60 bits per heavy atom. The van der Waals surface area contributed by atoms with Crippen molar-refractivity contribution in [3.63, 3.8) is 0 Å². The molecule has 176 valence electrons. The topological polar surface area (TPSA) is 95.5 Å². The molecule has 1 amide bonds. The van der Waals surface area contributed by atoms with Crippen LogP contribution in [0.15, 0.2) is 86.0 Å². The number of pyridine rings is 1. The standard InChI is InChI=1S/C23H17F3N8O/c24-23(25,26)17-6-3-7-18(11-17)34-22(32-9-1-2-10-32)19(13-30-34)21(35)29-12-16-5-4-8-28-20(16)33-15-27-14-31-33/h1-11,13-15H,12H2,(H,29,35). The highest BCUT2D eigenvalue weighted by atomic mass is 19.4. The number of carbonyl (C=O) groups is 1. The van der Waals surface area contributed by atoms with Gasteiger partial charge in [-0.05, 0) is 36.4 Å². The smallest absolute Gasteiger partial charge is 0.348 e. The van der Waals surface area contributed by atoms with E-state index in [1.807, 2.05) is 0 Å². The number of alkyl halides is 3. The fourth-order valence-electron chi connectivity index (χ4n) is 3.59. The first kappa shape index (κ1) is 22.1. The number of halogens is 3. The number of aromatic nitrogens is 7. The average Bonchev–Trinajstić information content (AvgIpc) is 3.63. The Morgan fingerprint density at radius 2 is 1.86 bits per heavy atom. The van der Waals surface area contributed by atoms with Crippen molar-refractivity contribution in [3.05, 3.63) is 103 Å². The molecule has 0 saturated heterocycles. The zero-order valence-electron chi connectivity index (χ0n) is 18.0. The molecule has 0 saturated carbocycles. The van der Waals surface area contributed by atoms with Crippen LogP contribution in [0.1, 0.15) is 21.5 Å².